The van der Waals surface area contributed by atoms with Crippen molar-refractivity contribution >= 4 is 17.3 Å². The Morgan fingerprint density at radius 3 is 3.13 bits per heavy atom. The molecule has 0 saturated heterocycles. The van der Waals surface area contributed by atoms with E-state index in [9.17, 15) is 0 Å². The Hall–Kier alpha value is -1.05. The lowest BCUT2D eigenvalue weighted by molar-refractivity contribution is 0.385. The number of nitrogens with zero attached hydrogens (tertiary/aromatic N) is 3. The van der Waals surface area contributed by atoms with E-state index in [0.29, 0.717) is 17.3 Å². The quantitative estimate of drug-likeness (QED) is 0.767. The highest BCUT2D eigenvalue weighted by atomic mass is 35.5. The highest BCUT2D eigenvalue weighted by molar-refractivity contribution is 6.44. The Balaban J connectivity index is 2.82. The van der Waals surface area contributed by atoms with Gasteiger partial charge in [0.25, 0.3) is 0 Å². The van der Waals surface area contributed by atoms with Crippen LogP contribution < -0.4 is 5.73 Å². The first-order chi connectivity index (χ1) is 7.15. The maximum absolute atomic E-state index is 8.52. The zero-order valence-corrected chi connectivity index (χ0v) is 9.59. The van der Waals surface area contributed by atoms with Gasteiger partial charge in [0, 0.05) is 25.3 Å². The third-order valence-electron chi connectivity index (χ3n) is 2.23. The molecular weight excluding hydrogens is 212 g/mol. The van der Waals surface area contributed by atoms with Gasteiger partial charge in [0.1, 0.15) is 0 Å². The lowest BCUT2D eigenvalue weighted by Crippen LogP contribution is -2.26. The van der Waals surface area contributed by atoms with E-state index >= 15 is 0 Å². The fourth-order valence-corrected chi connectivity index (χ4v) is 1.61. The van der Waals surface area contributed by atoms with Gasteiger partial charge in [-0.3, -0.25) is 4.99 Å². The molecular formula is C10H15ClN4. The van der Waals surface area contributed by atoms with Gasteiger partial charge in [-0.15, -0.1) is 0 Å². The predicted octanol–water partition coefficient (Wildman–Crippen LogP) is 1.09. The largest absolute Gasteiger partial charge is 0.400 e. The highest BCUT2D eigenvalue weighted by Crippen LogP contribution is 2.13. The van der Waals surface area contributed by atoms with Crippen LogP contribution in [0.2, 0.25) is 0 Å². The standard InChI is InChI=1S/C10H15ClN4/c1-15-6-2-5-14-9(7-15)10(11)8(13)3-4-12/h2-3,5-7,13H2,1H3/b10-8+. The topological polar surface area (TPSA) is 65.4 Å². The molecule has 0 saturated carbocycles. The zero-order chi connectivity index (χ0) is 11.3. The van der Waals surface area contributed by atoms with Gasteiger partial charge in [0.15, 0.2) is 0 Å². The average Bonchev–Trinajstić information content (AvgIpc) is 2.42. The van der Waals surface area contributed by atoms with Crippen LogP contribution in [0.5, 0.6) is 0 Å². The van der Waals surface area contributed by atoms with Gasteiger partial charge >= 0.3 is 0 Å². The molecule has 1 rings (SSSR count). The Kier molecular flexibility index (Phi) is 4.60. The van der Waals surface area contributed by atoms with Crippen molar-refractivity contribution in [3.05, 3.63) is 10.7 Å². The molecule has 82 valence electrons. The fourth-order valence-electron chi connectivity index (χ4n) is 1.43. The molecule has 15 heavy (non-hydrogen) atoms. The summed E-state index contributed by atoms with van der Waals surface area (Å²) in [6.07, 6.45) is 1.18. The highest BCUT2D eigenvalue weighted by Gasteiger charge is 2.13. The van der Waals surface area contributed by atoms with Crippen LogP contribution in [0.15, 0.2) is 15.7 Å². The molecule has 0 aliphatic carbocycles. The van der Waals surface area contributed by atoms with Crippen LogP contribution in [0.4, 0.5) is 0 Å². The van der Waals surface area contributed by atoms with Crippen LogP contribution in [-0.4, -0.2) is 37.3 Å². The molecule has 0 aromatic rings. The Morgan fingerprint density at radius 2 is 2.47 bits per heavy atom. The number of rotatable bonds is 2. The van der Waals surface area contributed by atoms with E-state index in [-0.39, 0.29) is 6.42 Å². The van der Waals surface area contributed by atoms with Crippen molar-refractivity contribution in [1.29, 1.82) is 5.26 Å². The van der Waals surface area contributed by atoms with Gasteiger partial charge in [-0.1, -0.05) is 11.6 Å². The number of hydrogen-bond donors (Lipinski definition) is 1. The third-order valence-corrected chi connectivity index (χ3v) is 2.69. The number of aliphatic imine (C=N–C) groups is 1. The summed E-state index contributed by atoms with van der Waals surface area (Å²) >= 11 is 6.07. The maximum Gasteiger partial charge on any atom is 0.0827 e. The number of nitriles is 1. The second-order valence-corrected chi connectivity index (χ2v) is 3.97. The van der Waals surface area contributed by atoms with Crippen molar-refractivity contribution in [1.82, 2.24) is 4.90 Å². The van der Waals surface area contributed by atoms with Gasteiger partial charge in [-0.2, -0.15) is 5.26 Å². The van der Waals surface area contributed by atoms with Gasteiger partial charge in [-0.25, -0.2) is 0 Å². The smallest absolute Gasteiger partial charge is 0.0827 e. The normalized spacial score (nSPS) is 19.9. The Morgan fingerprint density at radius 1 is 1.73 bits per heavy atom. The van der Waals surface area contributed by atoms with Gasteiger partial charge in [0.2, 0.25) is 0 Å². The number of halogens is 1. The van der Waals surface area contributed by atoms with E-state index in [1.807, 2.05) is 13.1 Å². The molecule has 2 N–H and O–H groups in total. The molecule has 0 amide bonds. The molecule has 0 bridgehead atoms. The molecule has 4 nitrogen and oxygen atoms in total. The summed E-state index contributed by atoms with van der Waals surface area (Å²) in [6, 6.07) is 1.98. The summed E-state index contributed by atoms with van der Waals surface area (Å²) in [5.41, 5.74) is 6.89. The summed E-state index contributed by atoms with van der Waals surface area (Å²) in [7, 11) is 2.02. The number of hydrogen-bond acceptors (Lipinski definition) is 4. The van der Waals surface area contributed by atoms with Crippen molar-refractivity contribution in [3.63, 3.8) is 0 Å². The van der Waals surface area contributed by atoms with Gasteiger partial charge in [0.05, 0.1) is 23.2 Å². The van der Waals surface area contributed by atoms with Crippen molar-refractivity contribution in [2.75, 3.05) is 26.7 Å². The number of nitrogens with two attached hydrogens (primary N) is 1. The molecule has 0 aromatic heterocycles. The van der Waals surface area contributed by atoms with E-state index in [4.69, 9.17) is 22.6 Å². The minimum atomic E-state index is 0.154. The van der Waals surface area contributed by atoms with Crippen LogP contribution in [0.25, 0.3) is 0 Å². The van der Waals surface area contributed by atoms with Crippen LogP contribution >= 0.6 is 11.6 Å². The Bertz CT molecular complexity index is 327. The SMILES string of the molecule is CN1CCCN=C(/C(Cl)=C(\N)CC#N)C1. The van der Waals surface area contributed by atoms with Crippen molar-refractivity contribution in [2.45, 2.75) is 12.8 Å². The summed E-state index contributed by atoms with van der Waals surface area (Å²) in [5.74, 6) is 0. The lowest BCUT2D eigenvalue weighted by atomic mass is 10.2. The molecule has 0 spiro atoms. The first-order valence-corrected chi connectivity index (χ1v) is 5.26. The van der Waals surface area contributed by atoms with Gasteiger partial charge in [-0.05, 0) is 13.5 Å². The van der Waals surface area contributed by atoms with Gasteiger partial charge < -0.3 is 10.6 Å². The summed E-state index contributed by atoms with van der Waals surface area (Å²) in [4.78, 5) is 6.52. The van der Waals surface area contributed by atoms with Crippen molar-refractivity contribution < 1.29 is 0 Å². The second-order valence-electron chi connectivity index (χ2n) is 3.59. The maximum atomic E-state index is 8.52. The third kappa shape index (κ3) is 3.54. The van der Waals surface area contributed by atoms with Crippen molar-refractivity contribution in [2.24, 2.45) is 10.7 Å². The monoisotopic (exact) mass is 226 g/mol. The molecule has 0 fully saturated rings. The minimum Gasteiger partial charge on any atom is -0.400 e. The first-order valence-electron chi connectivity index (χ1n) is 4.88. The molecule has 1 heterocycles. The molecule has 0 radical (unpaired) electrons. The Labute approximate surface area is 95.0 Å². The van der Waals surface area contributed by atoms with Crippen LogP contribution in [0.3, 0.4) is 0 Å². The minimum absolute atomic E-state index is 0.154. The van der Waals surface area contributed by atoms with E-state index in [2.05, 4.69) is 9.89 Å². The average molecular weight is 227 g/mol. The van der Waals surface area contributed by atoms with Crippen LogP contribution in [-0.2, 0) is 0 Å². The molecule has 0 aromatic carbocycles. The molecule has 0 atom stereocenters. The summed E-state index contributed by atoms with van der Waals surface area (Å²) in [5, 5.41) is 8.97. The van der Waals surface area contributed by atoms with E-state index in [1.54, 1.807) is 0 Å². The summed E-state index contributed by atoms with van der Waals surface area (Å²) < 4.78 is 0. The zero-order valence-electron chi connectivity index (χ0n) is 8.83. The summed E-state index contributed by atoms with van der Waals surface area (Å²) in [6.45, 7) is 2.48. The van der Waals surface area contributed by atoms with Crippen LogP contribution in [0, 0.1) is 11.3 Å². The van der Waals surface area contributed by atoms with E-state index < -0.39 is 0 Å². The molecule has 5 heteroatoms. The van der Waals surface area contributed by atoms with E-state index in [1.165, 1.54) is 0 Å². The molecule has 0 unspecified atom stereocenters. The number of allylic oxidation sites excluding steroid dienone is 1. The first kappa shape index (κ1) is 12.0. The lowest BCUT2D eigenvalue weighted by Gasteiger charge is -2.14. The predicted molar refractivity (Wildman–Crippen MR) is 61.7 cm³/mol. The molecule has 1 aliphatic rings. The molecule has 1 aliphatic heterocycles. The van der Waals surface area contributed by atoms with Crippen molar-refractivity contribution in [3.8, 4) is 6.07 Å². The second kappa shape index (κ2) is 5.74. The van der Waals surface area contributed by atoms with Crippen LogP contribution in [0.1, 0.15) is 12.8 Å². The van der Waals surface area contributed by atoms with E-state index in [0.717, 1.165) is 25.2 Å². The fraction of sp³-hybridized carbons (Fsp3) is 0.600.